The quantitative estimate of drug-likeness (QED) is 0.805. The second-order valence-corrected chi connectivity index (χ2v) is 7.64. The van der Waals surface area contributed by atoms with E-state index in [1.54, 1.807) is 4.90 Å². The first-order chi connectivity index (χ1) is 12.6. The third-order valence-electron chi connectivity index (χ3n) is 6.38. The molecule has 0 bridgehead atoms. The van der Waals surface area contributed by atoms with Crippen LogP contribution in [0, 0.1) is 5.41 Å². The van der Waals surface area contributed by atoms with Crippen molar-refractivity contribution in [3.05, 3.63) is 11.9 Å². The first-order valence-corrected chi connectivity index (χ1v) is 9.69. The zero-order chi connectivity index (χ0) is 18.1. The summed E-state index contributed by atoms with van der Waals surface area (Å²) in [5.41, 5.74) is 0.630. The van der Waals surface area contributed by atoms with Gasteiger partial charge in [0, 0.05) is 32.6 Å². The predicted octanol–water partition coefficient (Wildman–Crippen LogP) is 1.10. The molecule has 1 unspecified atom stereocenters. The molecule has 2 aliphatic heterocycles. The van der Waals surface area contributed by atoms with Crippen LogP contribution in [0.3, 0.4) is 0 Å². The molecule has 8 nitrogen and oxygen atoms in total. The van der Waals surface area contributed by atoms with E-state index in [1.165, 1.54) is 6.42 Å². The summed E-state index contributed by atoms with van der Waals surface area (Å²) in [7, 11) is 0. The number of piperidine rings is 1. The maximum Gasteiger partial charge on any atom is 0.276 e. The fourth-order valence-electron chi connectivity index (χ4n) is 4.56. The van der Waals surface area contributed by atoms with E-state index < -0.39 is 0 Å². The van der Waals surface area contributed by atoms with E-state index in [2.05, 4.69) is 10.3 Å². The monoisotopic (exact) mass is 361 g/mol. The van der Waals surface area contributed by atoms with Crippen LogP contribution in [0.1, 0.15) is 55.6 Å². The number of nitrogens with zero attached hydrogens (tertiary/aromatic N) is 5. The minimum Gasteiger partial charge on any atom is -0.378 e. The Balaban J connectivity index is 1.42. The Hall–Kier alpha value is -1.96. The Morgan fingerprint density at radius 1 is 1.15 bits per heavy atom. The summed E-state index contributed by atoms with van der Waals surface area (Å²) in [6.45, 7) is 5.97. The van der Waals surface area contributed by atoms with Gasteiger partial charge in [0.05, 0.1) is 25.5 Å². The Bertz CT molecular complexity index is 674. The number of carbonyl (C=O) groups excluding carboxylic acids is 2. The van der Waals surface area contributed by atoms with Crippen molar-refractivity contribution in [2.24, 2.45) is 5.41 Å². The second kappa shape index (κ2) is 6.98. The van der Waals surface area contributed by atoms with Crippen LogP contribution >= 0.6 is 0 Å². The molecule has 3 aliphatic rings. The molecule has 1 aromatic rings. The van der Waals surface area contributed by atoms with Crippen molar-refractivity contribution in [2.75, 3.05) is 39.4 Å². The zero-order valence-corrected chi connectivity index (χ0v) is 15.4. The number of carbonyl (C=O) groups is 2. The summed E-state index contributed by atoms with van der Waals surface area (Å²) in [5, 5.41) is 8.43. The highest BCUT2D eigenvalue weighted by molar-refractivity contribution is 5.92. The lowest BCUT2D eigenvalue weighted by molar-refractivity contribution is -0.135. The summed E-state index contributed by atoms with van der Waals surface area (Å²) in [6.07, 6.45) is 6.64. The number of hydrogen-bond acceptors (Lipinski definition) is 5. The summed E-state index contributed by atoms with van der Waals surface area (Å²) in [4.78, 5) is 28.2. The van der Waals surface area contributed by atoms with Crippen molar-refractivity contribution < 1.29 is 14.3 Å². The number of morpholine rings is 1. The van der Waals surface area contributed by atoms with Crippen LogP contribution in [0.25, 0.3) is 0 Å². The van der Waals surface area contributed by atoms with Crippen LogP contribution in [0.4, 0.5) is 0 Å². The fraction of sp³-hybridized carbons (Fsp3) is 0.778. The van der Waals surface area contributed by atoms with Crippen LogP contribution in [0.5, 0.6) is 0 Å². The van der Waals surface area contributed by atoms with Gasteiger partial charge in [0.1, 0.15) is 0 Å². The molecule has 1 atom stereocenters. The fourth-order valence-corrected chi connectivity index (χ4v) is 4.56. The molecule has 1 aliphatic carbocycles. The molecule has 1 spiro atoms. The van der Waals surface area contributed by atoms with E-state index >= 15 is 0 Å². The lowest BCUT2D eigenvalue weighted by Gasteiger charge is -2.53. The van der Waals surface area contributed by atoms with Gasteiger partial charge in [-0.1, -0.05) is 12.1 Å². The number of rotatable bonds is 3. The summed E-state index contributed by atoms with van der Waals surface area (Å²) >= 11 is 0. The maximum atomic E-state index is 12.6. The van der Waals surface area contributed by atoms with Gasteiger partial charge in [0.25, 0.3) is 5.91 Å². The van der Waals surface area contributed by atoms with Crippen LogP contribution < -0.4 is 0 Å². The smallest absolute Gasteiger partial charge is 0.276 e. The number of ether oxygens (including phenoxy) is 1. The van der Waals surface area contributed by atoms with Gasteiger partial charge in [-0.15, -0.1) is 5.10 Å². The molecular weight excluding hydrogens is 334 g/mol. The predicted molar refractivity (Wildman–Crippen MR) is 93.6 cm³/mol. The van der Waals surface area contributed by atoms with Gasteiger partial charge in [-0.25, -0.2) is 4.68 Å². The van der Waals surface area contributed by atoms with Crippen molar-refractivity contribution in [2.45, 2.75) is 45.1 Å². The summed E-state index contributed by atoms with van der Waals surface area (Å²) < 4.78 is 7.20. The second-order valence-electron chi connectivity index (χ2n) is 7.64. The molecule has 8 heteroatoms. The molecule has 4 rings (SSSR count). The van der Waals surface area contributed by atoms with Gasteiger partial charge in [-0.05, 0) is 31.1 Å². The van der Waals surface area contributed by atoms with E-state index in [1.807, 2.05) is 22.7 Å². The first kappa shape index (κ1) is 17.5. The molecule has 26 heavy (non-hydrogen) atoms. The average molecular weight is 361 g/mol. The van der Waals surface area contributed by atoms with Crippen molar-refractivity contribution >= 4 is 11.8 Å². The Labute approximate surface area is 153 Å². The molecule has 1 aromatic heterocycles. The van der Waals surface area contributed by atoms with E-state index in [4.69, 9.17) is 4.74 Å². The highest BCUT2D eigenvalue weighted by Gasteiger charge is 2.50. The lowest BCUT2D eigenvalue weighted by atomic mass is 9.59. The van der Waals surface area contributed by atoms with Gasteiger partial charge in [0.15, 0.2) is 5.69 Å². The van der Waals surface area contributed by atoms with Crippen LogP contribution in [0.15, 0.2) is 6.20 Å². The van der Waals surface area contributed by atoms with Crippen LogP contribution in [0.2, 0.25) is 0 Å². The van der Waals surface area contributed by atoms with Crippen molar-refractivity contribution in [3.8, 4) is 0 Å². The Kier molecular flexibility index (Phi) is 4.69. The lowest BCUT2D eigenvalue weighted by Crippen LogP contribution is -2.51. The number of likely N-dealkylation sites (tertiary alicyclic amines) is 1. The van der Waals surface area contributed by atoms with E-state index in [0.717, 1.165) is 32.4 Å². The third kappa shape index (κ3) is 3.00. The number of aromatic nitrogens is 3. The van der Waals surface area contributed by atoms with Gasteiger partial charge in [-0.2, -0.15) is 0 Å². The van der Waals surface area contributed by atoms with Crippen molar-refractivity contribution in [1.82, 2.24) is 24.8 Å². The molecule has 142 valence electrons. The SMILES string of the molecule is CCC(=O)N1CCC2(CCC2n2cc(C(=O)N3CCOCC3)nn2)CC1. The molecule has 0 N–H and O–H groups in total. The summed E-state index contributed by atoms with van der Waals surface area (Å²) in [6, 6.07) is 0.292. The minimum atomic E-state index is -0.0590. The molecule has 2 saturated heterocycles. The van der Waals surface area contributed by atoms with E-state index in [-0.39, 0.29) is 17.2 Å². The summed E-state index contributed by atoms with van der Waals surface area (Å²) in [5.74, 6) is 0.186. The van der Waals surface area contributed by atoms with Gasteiger partial charge >= 0.3 is 0 Å². The molecular formula is C18H27N5O3. The molecule has 1 saturated carbocycles. The molecule has 3 fully saturated rings. The Morgan fingerprint density at radius 3 is 2.50 bits per heavy atom. The van der Waals surface area contributed by atoms with Crippen LogP contribution in [-0.4, -0.2) is 76.0 Å². The highest BCUT2D eigenvalue weighted by atomic mass is 16.5. The van der Waals surface area contributed by atoms with Crippen LogP contribution in [-0.2, 0) is 9.53 Å². The molecule has 3 heterocycles. The normalized spacial score (nSPS) is 25.2. The standard InChI is InChI=1S/C18H27N5O3/c1-2-16(24)21-7-5-18(6-8-21)4-3-15(18)23-13-14(19-20-23)17(25)22-9-11-26-12-10-22/h13,15H,2-12H2,1H3. The molecule has 2 amide bonds. The van der Waals surface area contributed by atoms with E-state index in [9.17, 15) is 9.59 Å². The number of amides is 2. The topological polar surface area (TPSA) is 80.6 Å². The largest absolute Gasteiger partial charge is 0.378 e. The van der Waals surface area contributed by atoms with Crippen molar-refractivity contribution in [3.63, 3.8) is 0 Å². The Morgan fingerprint density at radius 2 is 1.88 bits per heavy atom. The van der Waals surface area contributed by atoms with Gasteiger partial charge in [-0.3, -0.25) is 9.59 Å². The van der Waals surface area contributed by atoms with Gasteiger partial charge < -0.3 is 14.5 Å². The third-order valence-corrected chi connectivity index (χ3v) is 6.38. The number of hydrogen-bond donors (Lipinski definition) is 0. The first-order valence-electron chi connectivity index (χ1n) is 9.69. The zero-order valence-electron chi connectivity index (χ0n) is 15.4. The molecule has 0 radical (unpaired) electrons. The highest BCUT2D eigenvalue weighted by Crippen LogP contribution is 2.56. The van der Waals surface area contributed by atoms with E-state index in [0.29, 0.717) is 44.5 Å². The van der Waals surface area contributed by atoms with Gasteiger partial charge in [0.2, 0.25) is 5.91 Å². The average Bonchev–Trinajstić information content (AvgIpc) is 3.15. The minimum absolute atomic E-state index is 0.0590. The molecule has 0 aromatic carbocycles. The van der Waals surface area contributed by atoms with Crippen molar-refractivity contribution in [1.29, 1.82) is 0 Å². The maximum absolute atomic E-state index is 12.6.